The topological polar surface area (TPSA) is 66.8 Å². The fraction of sp³-hybridized carbons (Fsp3) is 0.556. The quantitative estimate of drug-likeness (QED) is 0.499. The molecule has 0 unspecified atom stereocenters. The highest BCUT2D eigenvalue weighted by Crippen LogP contribution is 2.41. The van der Waals surface area contributed by atoms with Crippen molar-refractivity contribution >= 4 is 28.9 Å². The SMILES string of the molecule is C.COC1CCC(N(C(=O)C2CCC(C)CC2)c2cc(-c3ccccc3)sc2C(=O)O)CC1. The summed E-state index contributed by atoms with van der Waals surface area (Å²) in [6.07, 6.45) is 7.59. The molecule has 4 rings (SSSR count). The first-order valence-electron chi connectivity index (χ1n) is 11.8. The van der Waals surface area contributed by atoms with Crippen LogP contribution < -0.4 is 4.90 Å². The van der Waals surface area contributed by atoms with Crippen molar-refractivity contribution in [3.8, 4) is 10.4 Å². The van der Waals surface area contributed by atoms with Gasteiger partial charge in [-0.1, -0.05) is 44.7 Å². The van der Waals surface area contributed by atoms with Gasteiger partial charge in [-0.15, -0.1) is 11.3 Å². The number of carboxylic acids is 1. The van der Waals surface area contributed by atoms with E-state index >= 15 is 0 Å². The van der Waals surface area contributed by atoms with Crippen LogP contribution in [0.2, 0.25) is 0 Å². The van der Waals surface area contributed by atoms with Crippen molar-refractivity contribution in [3.63, 3.8) is 0 Å². The molecule has 1 heterocycles. The van der Waals surface area contributed by atoms with E-state index in [1.165, 1.54) is 11.3 Å². The monoisotopic (exact) mass is 471 g/mol. The lowest BCUT2D eigenvalue weighted by Crippen LogP contribution is -2.47. The molecule has 1 aromatic carbocycles. The van der Waals surface area contributed by atoms with Crippen LogP contribution in [0.5, 0.6) is 0 Å². The zero-order valence-electron chi connectivity index (χ0n) is 19.0. The molecule has 0 atom stereocenters. The van der Waals surface area contributed by atoms with E-state index in [9.17, 15) is 14.7 Å². The van der Waals surface area contributed by atoms with Gasteiger partial charge in [0.2, 0.25) is 5.91 Å². The van der Waals surface area contributed by atoms with Gasteiger partial charge in [-0.25, -0.2) is 4.79 Å². The molecule has 0 saturated heterocycles. The van der Waals surface area contributed by atoms with Gasteiger partial charge in [-0.05, 0) is 68.9 Å². The molecular weight excluding hydrogens is 434 g/mol. The molecule has 5 nitrogen and oxygen atoms in total. The van der Waals surface area contributed by atoms with E-state index in [0.717, 1.165) is 61.8 Å². The summed E-state index contributed by atoms with van der Waals surface area (Å²) in [5.41, 5.74) is 1.55. The molecule has 2 aliphatic rings. The van der Waals surface area contributed by atoms with E-state index in [-0.39, 0.29) is 36.3 Å². The molecule has 0 radical (unpaired) electrons. The smallest absolute Gasteiger partial charge is 0.348 e. The summed E-state index contributed by atoms with van der Waals surface area (Å²) in [4.78, 5) is 29.2. The molecule has 180 valence electrons. The highest BCUT2D eigenvalue weighted by molar-refractivity contribution is 7.18. The number of anilines is 1. The van der Waals surface area contributed by atoms with Crippen molar-refractivity contribution in [2.45, 2.75) is 77.9 Å². The van der Waals surface area contributed by atoms with Crippen molar-refractivity contribution in [2.75, 3.05) is 12.0 Å². The predicted octanol–water partition coefficient (Wildman–Crippen LogP) is 6.87. The molecule has 2 aromatic rings. The molecular formula is C27H37NO4S. The average Bonchev–Trinajstić information content (AvgIpc) is 3.26. The molecule has 33 heavy (non-hydrogen) atoms. The maximum absolute atomic E-state index is 13.9. The highest BCUT2D eigenvalue weighted by Gasteiger charge is 2.37. The van der Waals surface area contributed by atoms with Gasteiger partial charge in [0, 0.05) is 23.9 Å². The number of hydrogen-bond acceptors (Lipinski definition) is 4. The fourth-order valence-electron chi connectivity index (χ4n) is 5.20. The summed E-state index contributed by atoms with van der Waals surface area (Å²) in [7, 11) is 1.74. The normalized spacial score (nSPS) is 25.2. The van der Waals surface area contributed by atoms with Gasteiger partial charge in [0.15, 0.2) is 0 Å². The lowest BCUT2D eigenvalue weighted by molar-refractivity contribution is -0.124. The van der Waals surface area contributed by atoms with Crippen LogP contribution in [-0.4, -0.2) is 36.2 Å². The Balaban J connectivity index is 0.00000306. The van der Waals surface area contributed by atoms with Gasteiger partial charge in [0.05, 0.1) is 11.8 Å². The molecule has 1 N–H and O–H groups in total. The number of thiophene rings is 1. The molecule has 2 fully saturated rings. The number of amides is 1. The number of methoxy groups -OCH3 is 1. The summed E-state index contributed by atoms with van der Waals surface area (Å²) in [6, 6.07) is 11.8. The van der Waals surface area contributed by atoms with E-state index in [4.69, 9.17) is 4.74 Å². The molecule has 1 aromatic heterocycles. The van der Waals surface area contributed by atoms with Crippen LogP contribution >= 0.6 is 11.3 Å². The van der Waals surface area contributed by atoms with Crippen LogP contribution in [0, 0.1) is 11.8 Å². The van der Waals surface area contributed by atoms with Gasteiger partial charge in [-0.2, -0.15) is 0 Å². The van der Waals surface area contributed by atoms with Crippen molar-refractivity contribution in [3.05, 3.63) is 41.3 Å². The minimum absolute atomic E-state index is 0. The summed E-state index contributed by atoms with van der Waals surface area (Å²) in [5, 5.41) is 10.0. The van der Waals surface area contributed by atoms with E-state index in [0.29, 0.717) is 11.6 Å². The van der Waals surface area contributed by atoms with E-state index < -0.39 is 5.97 Å². The Hall–Kier alpha value is -2.18. The Morgan fingerprint density at radius 2 is 1.64 bits per heavy atom. The number of nitrogens with zero attached hydrogens (tertiary/aromatic N) is 1. The molecule has 6 heteroatoms. The Kier molecular flexibility index (Phi) is 8.71. The third-order valence-corrected chi connectivity index (χ3v) is 8.33. The van der Waals surface area contributed by atoms with Crippen LogP contribution in [0.3, 0.4) is 0 Å². The van der Waals surface area contributed by atoms with Crippen LogP contribution in [0.25, 0.3) is 10.4 Å². The molecule has 0 spiro atoms. The second kappa shape index (κ2) is 11.3. The lowest BCUT2D eigenvalue weighted by Gasteiger charge is -2.39. The third-order valence-electron chi connectivity index (χ3n) is 7.17. The van der Waals surface area contributed by atoms with Gasteiger partial charge in [0.25, 0.3) is 0 Å². The fourth-order valence-corrected chi connectivity index (χ4v) is 6.19. The van der Waals surface area contributed by atoms with Crippen LogP contribution in [-0.2, 0) is 9.53 Å². The highest BCUT2D eigenvalue weighted by atomic mass is 32.1. The molecule has 2 saturated carbocycles. The minimum atomic E-state index is -0.965. The zero-order chi connectivity index (χ0) is 22.7. The number of ether oxygens (including phenoxy) is 1. The standard InChI is InChI=1S/C26H33NO4S.CH4/c1-17-8-10-19(11-9-17)25(28)27(20-12-14-21(31-2)15-13-20)22-16-23(32-24(22)26(29)30)18-6-4-3-5-7-18;/h3-7,16-17,19-21H,8-15H2,1-2H3,(H,29,30);1H4. The number of hydrogen-bond donors (Lipinski definition) is 1. The number of aromatic carboxylic acids is 1. The maximum Gasteiger partial charge on any atom is 0.348 e. The average molecular weight is 472 g/mol. The number of carbonyl (C=O) groups excluding carboxylic acids is 1. The first kappa shape index (κ1) is 25.4. The summed E-state index contributed by atoms with van der Waals surface area (Å²) < 4.78 is 5.54. The number of carbonyl (C=O) groups is 2. The summed E-state index contributed by atoms with van der Waals surface area (Å²) in [5.74, 6) is -0.219. The molecule has 0 bridgehead atoms. The van der Waals surface area contributed by atoms with Crippen molar-refractivity contribution in [1.82, 2.24) is 0 Å². The van der Waals surface area contributed by atoms with Crippen LogP contribution in [0.4, 0.5) is 5.69 Å². The maximum atomic E-state index is 13.9. The Labute approximate surface area is 201 Å². The molecule has 0 aliphatic heterocycles. The van der Waals surface area contributed by atoms with E-state index in [1.54, 1.807) is 7.11 Å². The second-order valence-electron chi connectivity index (χ2n) is 9.33. The first-order valence-corrected chi connectivity index (χ1v) is 12.6. The third kappa shape index (κ3) is 5.67. The summed E-state index contributed by atoms with van der Waals surface area (Å²) >= 11 is 1.26. The first-order chi connectivity index (χ1) is 15.5. The van der Waals surface area contributed by atoms with Crippen LogP contribution in [0.1, 0.15) is 75.4 Å². The predicted molar refractivity (Wildman–Crippen MR) is 135 cm³/mol. The van der Waals surface area contributed by atoms with Gasteiger partial charge in [0.1, 0.15) is 4.88 Å². The second-order valence-corrected chi connectivity index (χ2v) is 10.4. The Morgan fingerprint density at radius 1 is 1.00 bits per heavy atom. The molecule has 2 aliphatic carbocycles. The van der Waals surface area contributed by atoms with Crippen LogP contribution in [0.15, 0.2) is 36.4 Å². The van der Waals surface area contributed by atoms with Gasteiger partial charge in [-0.3, -0.25) is 4.79 Å². The zero-order valence-corrected chi connectivity index (χ0v) is 19.8. The minimum Gasteiger partial charge on any atom is -0.477 e. The lowest BCUT2D eigenvalue weighted by atomic mass is 9.81. The van der Waals surface area contributed by atoms with Gasteiger partial charge < -0.3 is 14.7 Å². The summed E-state index contributed by atoms with van der Waals surface area (Å²) in [6.45, 7) is 2.25. The van der Waals surface area contributed by atoms with E-state index in [2.05, 4.69) is 6.92 Å². The van der Waals surface area contributed by atoms with Gasteiger partial charge >= 0.3 is 5.97 Å². The number of rotatable bonds is 6. The number of benzene rings is 1. The largest absolute Gasteiger partial charge is 0.477 e. The van der Waals surface area contributed by atoms with Crippen molar-refractivity contribution in [1.29, 1.82) is 0 Å². The Morgan fingerprint density at radius 3 is 2.21 bits per heavy atom. The van der Waals surface area contributed by atoms with E-state index in [1.807, 2.05) is 41.3 Å². The van der Waals surface area contributed by atoms with Crippen molar-refractivity contribution in [2.24, 2.45) is 11.8 Å². The van der Waals surface area contributed by atoms with Crippen molar-refractivity contribution < 1.29 is 19.4 Å². The number of carboxylic acid groups (broad SMARTS) is 1. The Bertz CT molecular complexity index is 925. The molecule has 1 amide bonds.